The van der Waals surface area contributed by atoms with E-state index in [2.05, 4.69) is 27.7 Å². The van der Waals surface area contributed by atoms with E-state index < -0.39 is 6.10 Å². The number of hydrogen-bond acceptors (Lipinski definition) is 3. The average Bonchev–Trinajstić information content (AvgIpc) is 2.72. The van der Waals surface area contributed by atoms with Crippen LogP contribution in [-0.2, 0) is 0 Å². The zero-order chi connectivity index (χ0) is 21.1. The lowest BCUT2D eigenvalue weighted by molar-refractivity contribution is 0.0746. The van der Waals surface area contributed by atoms with Crippen LogP contribution in [0.2, 0.25) is 0 Å². The Kier molecular flexibility index (Phi) is 6.19. The number of rotatable bonds is 6. The van der Waals surface area contributed by atoms with E-state index in [4.69, 9.17) is 0 Å². The van der Waals surface area contributed by atoms with E-state index in [9.17, 15) is 15.0 Å². The first kappa shape index (κ1) is 20.8. The van der Waals surface area contributed by atoms with Crippen molar-refractivity contribution >= 4 is 5.78 Å². The van der Waals surface area contributed by atoms with E-state index in [1.807, 2.05) is 36.4 Å². The molecule has 0 aromatic heterocycles. The van der Waals surface area contributed by atoms with Gasteiger partial charge >= 0.3 is 0 Å². The minimum Gasteiger partial charge on any atom is -0.507 e. The molecule has 0 heterocycles. The molecular weight excluding hydrogens is 360 g/mol. The summed E-state index contributed by atoms with van der Waals surface area (Å²) in [6.45, 7) is 8.29. The average molecular weight is 389 g/mol. The van der Waals surface area contributed by atoms with E-state index in [0.717, 1.165) is 22.3 Å². The summed E-state index contributed by atoms with van der Waals surface area (Å²) in [5, 5.41) is 21.1. The molecule has 0 amide bonds. The van der Waals surface area contributed by atoms with Gasteiger partial charge in [0.2, 0.25) is 0 Å². The Balaban J connectivity index is 2.21. The van der Waals surface area contributed by atoms with Crippen molar-refractivity contribution in [2.75, 3.05) is 0 Å². The minimum absolute atomic E-state index is 0.0835. The van der Waals surface area contributed by atoms with Gasteiger partial charge in [-0.2, -0.15) is 0 Å². The molecule has 0 spiro atoms. The van der Waals surface area contributed by atoms with Crippen LogP contribution in [0.15, 0.2) is 66.7 Å². The summed E-state index contributed by atoms with van der Waals surface area (Å²) in [4.78, 5) is 13.3. The van der Waals surface area contributed by atoms with Crippen molar-refractivity contribution in [2.24, 2.45) is 0 Å². The number of ketones is 1. The number of carbonyl (C=O) groups is 1. The molecular formula is C26H28O3. The number of phenolic OH excluding ortho intramolecular Hbond substituents is 1. The van der Waals surface area contributed by atoms with Crippen LogP contribution >= 0.6 is 0 Å². The summed E-state index contributed by atoms with van der Waals surface area (Å²) < 4.78 is 0. The summed E-state index contributed by atoms with van der Waals surface area (Å²) in [5.41, 5.74) is 4.77. The van der Waals surface area contributed by atoms with Crippen LogP contribution in [0.1, 0.15) is 72.7 Å². The third-order valence-corrected chi connectivity index (χ3v) is 5.27. The van der Waals surface area contributed by atoms with Gasteiger partial charge in [-0.15, -0.1) is 0 Å². The van der Waals surface area contributed by atoms with Crippen molar-refractivity contribution < 1.29 is 15.0 Å². The Morgan fingerprint density at radius 2 is 1.31 bits per heavy atom. The van der Waals surface area contributed by atoms with Gasteiger partial charge in [-0.1, -0.05) is 88.4 Å². The van der Waals surface area contributed by atoms with Gasteiger partial charge in [-0.05, 0) is 40.2 Å². The van der Waals surface area contributed by atoms with Gasteiger partial charge in [0.15, 0.2) is 5.78 Å². The standard InChI is InChI=1S/C26H28O3/c1-16(2)23-20(19-12-8-9-13-22(19)27)14-15-21(24(23)17(3)4)26(29)25(28)18-10-6-5-7-11-18/h5-17,25,27-28H,1-4H3. The SMILES string of the molecule is CC(C)c1c(C(=O)C(O)c2ccccc2)ccc(-c2ccccc2O)c1C(C)C. The lowest BCUT2D eigenvalue weighted by atomic mass is 9.80. The second kappa shape index (κ2) is 8.62. The fourth-order valence-electron chi connectivity index (χ4n) is 3.97. The van der Waals surface area contributed by atoms with Crippen LogP contribution in [0.3, 0.4) is 0 Å². The number of carbonyl (C=O) groups excluding carboxylic acids is 1. The lowest BCUT2D eigenvalue weighted by Crippen LogP contribution is -2.17. The first-order valence-corrected chi connectivity index (χ1v) is 10.0. The Morgan fingerprint density at radius 3 is 1.90 bits per heavy atom. The van der Waals surface area contributed by atoms with Crippen molar-refractivity contribution in [3.63, 3.8) is 0 Å². The number of aromatic hydroxyl groups is 1. The normalized spacial score (nSPS) is 12.4. The largest absolute Gasteiger partial charge is 0.507 e. The third-order valence-electron chi connectivity index (χ3n) is 5.27. The number of hydrogen-bond donors (Lipinski definition) is 2. The van der Waals surface area contributed by atoms with Crippen LogP contribution in [0.4, 0.5) is 0 Å². The van der Waals surface area contributed by atoms with Crippen LogP contribution in [-0.4, -0.2) is 16.0 Å². The van der Waals surface area contributed by atoms with Crippen molar-refractivity contribution in [2.45, 2.75) is 45.6 Å². The summed E-state index contributed by atoms with van der Waals surface area (Å²) in [7, 11) is 0. The molecule has 0 aliphatic rings. The number of para-hydroxylation sites is 1. The van der Waals surface area contributed by atoms with Gasteiger partial charge in [0.05, 0.1) is 0 Å². The fraction of sp³-hybridized carbons (Fsp3) is 0.269. The zero-order valence-corrected chi connectivity index (χ0v) is 17.4. The molecule has 0 aliphatic heterocycles. The van der Waals surface area contributed by atoms with Gasteiger partial charge < -0.3 is 10.2 Å². The Hall–Kier alpha value is -2.91. The highest BCUT2D eigenvalue weighted by atomic mass is 16.3. The van der Waals surface area contributed by atoms with Gasteiger partial charge in [0.1, 0.15) is 11.9 Å². The van der Waals surface area contributed by atoms with E-state index in [0.29, 0.717) is 11.1 Å². The number of Topliss-reactive ketones (excluding diaryl/α,β-unsaturated/α-hetero) is 1. The number of aliphatic hydroxyl groups is 1. The molecule has 3 aromatic carbocycles. The molecule has 29 heavy (non-hydrogen) atoms. The smallest absolute Gasteiger partial charge is 0.196 e. The molecule has 0 bridgehead atoms. The molecule has 1 atom stereocenters. The Bertz CT molecular complexity index is 1000. The van der Waals surface area contributed by atoms with Crippen molar-refractivity contribution in [1.29, 1.82) is 0 Å². The van der Waals surface area contributed by atoms with E-state index in [1.165, 1.54) is 0 Å². The highest BCUT2D eigenvalue weighted by molar-refractivity contribution is 6.02. The maximum Gasteiger partial charge on any atom is 0.196 e. The molecule has 3 heteroatoms. The molecule has 3 rings (SSSR count). The van der Waals surface area contributed by atoms with E-state index in [-0.39, 0.29) is 23.4 Å². The van der Waals surface area contributed by atoms with Crippen LogP contribution < -0.4 is 0 Å². The molecule has 0 radical (unpaired) electrons. The number of phenols is 1. The fourth-order valence-corrected chi connectivity index (χ4v) is 3.97. The molecule has 0 saturated heterocycles. The summed E-state index contributed by atoms with van der Waals surface area (Å²) >= 11 is 0. The Morgan fingerprint density at radius 1 is 0.724 bits per heavy atom. The minimum atomic E-state index is -1.20. The zero-order valence-electron chi connectivity index (χ0n) is 17.4. The quantitative estimate of drug-likeness (QED) is 0.493. The second-order valence-electron chi connectivity index (χ2n) is 7.99. The molecule has 150 valence electrons. The predicted molar refractivity (Wildman–Crippen MR) is 117 cm³/mol. The highest BCUT2D eigenvalue weighted by Gasteiger charge is 2.27. The third kappa shape index (κ3) is 4.10. The predicted octanol–water partition coefficient (Wildman–Crippen LogP) is 6.22. The van der Waals surface area contributed by atoms with Crippen molar-refractivity contribution in [1.82, 2.24) is 0 Å². The van der Waals surface area contributed by atoms with Crippen LogP contribution in [0.25, 0.3) is 11.1 Å². The maximum absolute atomic E-state index is 13.3. The molecule has 0 aliphatic carbocycles. The first-order chi connectivity index (χ1) is 13.8. The monoisotopic (exact) mass is 388 g/mol. The molecule has 0 saturated carbocycles. The highest BCUT2D eigenvalue weighted by Crippen LogP contribution is 2.41. The van der Waals surface area contributed by atoms with Crippen LogP contribution in [0.5, 0.6) is 5.75 Å². The summed E-state index contributed by atoms with van der Waals surface area (Å²) in [5.74, 6) is 0.141. The second-order valence-corrected chi connectivity index (χ2v) is 7.99. The Labute approximate surface area is 172 Å². The van der Waals surface area contributed by atoms with Gasteiger partial charge in [-0.3, -0.25) is 4.79 Å². The molecule has 0 fully saturated rings. The summed E-state index contributed by atoms with van der Waals surface area (Å²) in [6, 6.07) is 19.9. The van der Waals surface area contributed by atoms with Crippen LogP contribution in [0, 0.1) is 0 Å². The number of aliphatic hydroxyl groups excluding tert-OH is 1. The van der Waals surface area contributed by atoms with Gasteiger partial charge in [0, 0.05) is 11.1 Å². The number of benzene rings is 3. The maximum atomic E-state index is 13.3. The van der Waals surface area contributed by atoms with Gasteiger partial charge in [0.25, 0.3) is 0 Å². The first-order valence-electron chi connectivity index (χ1n) is 10.0. The molecule has 3 nitrogen and oxygen atoms in total. The molecule has 3 aromatic rings. The van der Waals surface area contributed by atoms with Crippen molar-refractivity contribution in [3.8, 4) is 16.9 Å². The molecule has 2 N–H and O–H groups in total. The molecule has 1 unspecified atom stereocenters. The van der Waals surface area contributed by atoms with E-state index in [1.54, 1.807) is 30.3 Å². The van der Waals surface area contributed by atoms with Crippen molar-refractivity contribution in [3.05, 3.63) is 89.0 Å². The van der Waals surface area contributed by atoms with E-state index >= 15 is 0 Å². The van der Waals surface area contributed by atoms with Gasteiger partial charge in [-0.25, -0.2) is 0 Å². The summed E-state index contributed by atoms with van der Waals surface area (Å²) in [6.07, 6.45) is -1.20. The lowest BCUT2D eigenvalue weighted by Gasteiger charge is -2.25. The topological polar surface area (TPSA) is 57.5 Å².